The van der Waals surface area contributed by atoms with Crippen molar-refractivity contribution in [1.82, 2.24) is 10.6 Å². The maximum Gasteiger partial charge on any atom is 0.255 e. The summed E-state index contributed by atoms with van der Waals surface area (Å²) in [5, 5.41) is 17.4. The molecule has 5 N–H and O–H groups in total. The van der Waals surface area contributed by atoms with Crippen molar-refractivity contribution in [1.29, 1.82) is 0 Å². The number of ether oxygens (including phenoxy) is 1. The monoisotopic (exact) mass is 389 g/mol. The molecule has 6 nitrogen and oxygen atoms in total. The van der Waals surface area contributed by atoms with Crippen molar-refractivity contribution in [2.45, 2.75) is 6.54 Å². The molecular weight excluding hydrogens is 365 g/mol. The van der Waals surface area contributed by atoms with E-state index in [1.165, 1.54) is 0 Å². The van der Waals surface area contributed by atoms with Gasteiger partial charge in [0.25, 0.3) is 5.91 Å². The van der Waals surface area contributed by atoms with Gasteiger partial charge in [-0.05, 0) is 16.8 Å². The smallest absolute Gasteiger partial charge is 0.255 e. The number of benzene rings is 2. The first kappa shape index (κ1) is 23.4. The van der Waals surface area contributed by atoms with Crippen LogP contribution in [-0.2, 0) is 11.3 Å². The van der Waals surface area contributed by atoms with E-state index in [4.69, 9.17) is 15.6 Å². The van der Waals surface area contributed by atoms with Gasteiger partial charge in [-0.1, -0.05) is 30.3 Å². The van der Waals surface area contributed by atoms with Crippen LogP contribution in [0.4, 0.5) is 0 Å². The number of primary amides is 1. The quantitative estimate of drug-likeness (QED) is 0.458. The molecule has 0 radical (unpaired) electrons. The van der Waals surface area contributed by atoms with Crippen molar-refractivity contribution in [3.05, 3.63) is 42.0 Å². The third-order valence-corrected chi connectivity index (χ3v) is 3.44. The number of halogens is 2. The first-order valence-corrected chi connectivity index (χ1v) is 7.66. The molecule has 2 aromatic carbocycles. The topological polar surface area (TPSA) is 96.6 Å². The predicted octanol–water partition coefficient (Wildman–Crippen LogP) is 1.22. The van der Waals surface area contributed by atoms with Gasteiger partial charge in [-0.2, -0.15) is 0 Å². The maximum absolute atomic E-state index is 11.0. The molecule has 0 aliphatic carbocycles. The minimum atomic E-state index is -0.495. The van der Waals surface area contributed by atoms with Gasteiger partial charge in [0, 0.05) is 31.7 Å². The summed E-state index contributed by atoms with van der Waals surface area (Å²) >= 11 is 0. The Hall–Kier alpha value is -1.57. The highest BCUT2D eigenvalue weighted by molar-refractivity contribution is 5.88. The molecule has 0 saturated heterocycles. The van der Waals surface area contributed by atoms with Gasteiger partial charge in [-0.15, -0.1) is 24.8 Å². The van der Waals surface area contributed by atoms with Gasteiger partial charge in [0.2, 0.25) is 0 Å². The van der Waals surface area contributed by atoms with Crippen LogP contribution in [0.5, 0.6) is 5.75 Å². The van der Waals surface area contributed by atoms with Gasteiger partial charge in [-0.3, -0.25) is 4.79 Å². The molecule has 0 aliphatic rings. The highest BCUT2D eigenvalue weighted by Crippen LogP contribution is 2.28. The lowest BCUT2D eigenvalue weighted by Gasteiger charge is -2.14. The van der Waals surface area contributed by atoms with E-state index in [-0.39, 0.29) is 38.0 Å². The fourth-order valence-electron chi connectivity index (χ4n) is 2.38. The van der Waals surface area contributed by atoms with Crippen LogP contribution < -0.4 is 21.1 Å². The summed E-state index contributed by atoms with van der Waals surface area (Å²) in [6, 6.07) is 11.9. The van der Waals surface area contributed by atoms with E-state index in [0.717, 1.165) is 29.4 Å². The highest BCUT2D eigenvalue weighted by atomic mass is 35.5. The normalized spacial score (nSPS) is 9.96. The first-order valence-electron chi connectivity index (χ1n) is 7.66. The number of aliphatic hydroxyl groups is 1. The van der Waals surface area contributed by atoms with Crippen molar-refractivity contribution in [3.63, 3.8) is 0 Å². The Morgan fingerprint density at radius 1 is 1.04 bits per heavy atom. The molecule has 25 heavy (non-hydrogen) atoms. The molecule has 140 valence electrons. The molecule has 0 atom stereocenters. The Morgan fingerprint density at radius 3 is 2.48 bits per heavy atom. The molecule has 0 fully saturated rings. The van der Waals surface area contributed by atoms with Crippen molar-refractivity contribution < 1.29 is 14.6 Å². The van der Waals surface area contributed by atoms with Crippen molar-refractivity contribution in [2.75, 3.05) is 32.8 Å². The van der Waals surface area contributed by atoms with Crippen LogP contribution in [0, 0.1) is 0 Å². The first-order chi connectivity index (χ1) is 11.2. The molecule has 0 aromatic heterocycles. The van der Waals surface area contributed by atoms with E-state index < -0.39 is 5.91 Å². The summed E-state index contributed by atoms with van der Waals surface area (Å²) in [5.74, 6) is 0.170. The van der Waals surface area contributed by atoms with Crippen molar-refractivity contribution in [3.8, 4) is 5.75 Å². The predicted molar refractivity (Wildman–Crippen MR) is 105 cm³/mol. The number of nitrogens with two attached hydrogens (primary N) is 1. The molecule has 0 heterocycles. The van der Waals surface area contributed by atoms with Crippen LogP contribution in [0.25, 0.3) is 10.8 Å². The molecule has 8 heteroatoms. The lowest BCUT2D eigenvalue weighted by Crippen LogP contribution is -2.29. The molecule has 0 aliphatic heterocycles. The van der Waals surface area contributed by atoms with Gasteiger partial charge in [0.15, 0.2) is 6.61 Å². The van der Waals surface area contributed by atoms with Crippen LogP contribution >= 0.6 is 24.8 Å². The number of aliphatic hydroxyl groups excluding tert-OH is 1. The van der Waals surface area contributed by atoms with Gasteiger partial charge in [0.05, 0.1) is 6.61 Å². The average Bonchev–Trinajstić information content (AvgIpc) is 2.56. The Balaban J connectivity index is 0.00000288. The summed E-state index contributed by atoms with van der Waals surface area (Å²) in [6.07, 6.45) is 0. The average molecular weight is 390 g/mol. The van der Waals surface area contributed by atoms with Crippen molar-refractivity contribution in [2.24, 2.45) is 5.73 Å². The van der Waals surface area contributed by atoms with Gasteiger partial charge < -0.3 is 26.2 Å². The molecule has 1 amide bonds. The summed E-state index contributed by atoms with van der Waals surface area (Å²) in [7, 11) is 0. The third kappa shape index (κ3) is 7.46. The zero-order valence-corrected chi connectivity index (χ0v) is 15.5. The molecular formula is C17H25Cl2N3O3. The number of rotatable bonds is 10. The summed E-state index contributed by atoms with van der Waals surface area (Å²) in [4.78, 5) is 11.0. The van der Waals surface area contributed by atoms with Crippen LogP contribution in [0.3, 0.4) is 0 Å². The van der Waals surface area contributed by atoms with E-state index in [2.05, 4.69) is 10.6 Å². The van der Waals surface area contributed by atoms with Crippen LogP contribution in [-0.4, -0.2) is 43.9 Å². The number of hydrogen-bond donors (Lipinski definition) is 4. The third-order valence-electron chi connectivity index (χ3n) is 3.44. The van der Waals surface area contributed by atoms with E-state index in [9.17, 15) is 4.79 Å². The fraction of sp³-hybridized carbons (Fsp3) is 0.353. The number of carbonyl (C=O) groups excluding carboxylic acids is 1. The number of fused-ring (bicyclic) bond motifs is 1. The lowest BCUT2D eigenvalue weighted by atomic mass is 10.0. The molecule has 0 unspecified atom stereocenters. The molecule has 0 spiro atoms. The molecule has 2 rings (SSSR count). The van der Waals surface area contributed by atoms with E-state index >= 15 is 0 Å². The number of nitrogens with one attached hydrogen (secondary N) is 2. The van der Waals surface area contributed by atoms with Gasteiger partial charge in [-0.25, -0.2) is 0 Å². The SMILES string of the molecule is Cl.Cl.NC(=O)COc1ccc2ccccc2c1CNCCNCCO. The number of amides is 1. The summed E-state index contributed by atoms with van der Waals surface area (Å²) in [6.45, 7) is 2.73. The van der Waals surface area contributed by atoms with E-state index in [0.29, 0.717) is 18.8 Å². The minimum absolute atomic E-state index is 0. The molecule has 0 saturated carbocycles. The van der Waals surface area contributed by atoms with Crippen molar-refractivity contribution >= 4 is 41.5 Å². The Morgan fingerprint density at radius 2 is 1.76 bits per heavy atom. The molecule has 2 aromatic rings. The second kappa shape index (κ2) is 12.7. The molecule has 0 bridgehead atoms. The van der Waals surface area contributed by atoms with Crippen LogP contribution in [0.15, 0.2) is 36.4 Å². The van der Waals surface area contributed by atoms with Crippen LogP contribution in [0.2, 0.25) is 0 Å². The highest BCUT2D eigenvalue weighted by Gasteiger charge is 2.09. The van der Waals surface area contributed by atoms with E-state index in [1.54, 1.807) is 0 Å². The fourth-order valence-corrected chi connectivity index (χ4v) is 2.38. The second-order valence-electron chi connectivity index (χ2n) is 5.17. The lowest BCUT2D eigenvalue weighted by molar-refractivity contribution is -0.119. The number of hydrogen-bond acceptors (Lipinski definition) is 5. The maximum atomic E-state index is 11.0. The Labute approximate surface area is 159 Å². The zero-order chi connectivity index (χ0) is 16.5. The second-order valence-corrected chi connectivity index (χ2v) is 5.17. The standard InChI is InChI=1S/C17H23N3O3.2ClH/c18-17(22)12-23-16-6-5-13-3-1-2-4-14(13)15(16)11-20-8-7-19-9-10-21;;/h1-6,19-21H,7-12H2,(H2,18,22);2*1H. The summed E-state index contributed by atoms with van der Waals surface area (Å²) < 4.78 is 5.54. The van der Waals surface area contributed by atoms with Crippen LogP contribution in [0.1, 0.15) is 5.56 Å². The number of carbonyl (C=O) groups is 1. The van der Waals surface area contributed by atoms with Gasteiger partial charge >= 0.3 is 0 Å². The Kier molecular flexibility index (Phi) is 11.9. The van der Waals surface area contributed by atoms with Gasteiger partial charge in [0.1, 0.15) is 5.75 Å². The zero-order valence-electron chi connectivity index (χ0n) is 13.9. The van der Waals surface area contributed by atoms with E-state index in [1.807, 2.05) is 36.4 Å². The largest absolute Gasteiger partial charge is 0.483 e. The Bertz CT molecular complexity index is 656. The minimum Gasteiger partial charge on any atom is -0.483 e. The summed E-state index contributed by atoms with van der Waals surface area (Å²) in [5.41, 5.74) is 6.17.